The lowest BCUT2D eigenvalue weighted by molar-refractivity contribution is 0.0648. The largest absolute Gasteiger partial charge is 0.316 e. The first-order valence-corrected chi connectivity index (χ1v) is 6.28. The number of hydrogen-bond donors (Lipinski definition) is 1. The first-order chi connectivity index (χ1) is 6.85. The average Bonchev–Trinajstić information content (AvgIpc) is 2.19. The molecule has 2 saturated heterocycles. The molecule has 0 amide bonds. The van der Waals surface area contributed by atoms with Gasteiger partial charge in [-0.1, -0.05) is 6.92 Å². The summed E-state index contributed by atoms with van der Waals surface area (Å²) in [6.45, 7) is 8.81. The van der Waals surface area contributed by atoms with Gasteiger partial charge in [-0.15, -0.1) is 0 Å². The van der Waals surface area contributed by atoms with Gasteiger partial charge in [0.2, 0.25) is 0 Å². The second kappa shape index (κ2) is 4.63. The summed E-state index contributed by atoms with van der Waals surface area (Å²) in [5.74, 6) is 0. The Balaban J connectivity index is 1.91. The minimum absolute atomic E-state index is 0.645. The lowest BCUT2D eigenvalue weighted by Gasteiger charge is -2.45. The Morgan fingerprint density at radius 3 is 2.86 bits per heavy atom. The van der Waals surface area contributed by atoms with Gasteiger partial charge in [-0.25, -0.2) is 0 Å². The normalized spacial score (nSPS) is 34.9. The third-order valence-corrected chi connectivity index (χ3v) is 3.84. The standard InChI is InChI=1S/C12H24N2/c1-2-8-14-9-4-6-12(11-14)5-3-7-13-10-12/h13H,2-11H2,1H3. The van der Waals surface area contributed by atoms with Crippen LogP contribution in [-0.2, 0) is 0 Å². The smallest absolute Gasteiger partial charge is 0.00502 e. The highest BCUT2D eigenvalue weighted by molar-refractivity contribution is 4.91. The van der Waals surface area contributed by atoms with Crippen LogP contribution in [0, 0.1) is 5.41 Å². The monoisotopic (exact) mass is 196 g/mol. The van der Waals surface area contributed by atoms with E-state index < -0.39 is 0 Å². The molecule has 0 aliphatic carbocycles. The van der Waals surface area contributed by atoms with E-state index in [4.69, 9.17) is 0 Å². The Labute approximate surface area is 88.1 Å². The molecule has 0 saturated carbocycles. The second-order valence-corrected chi connectivity index (χ2v) is 5.16. The molecule has 0 radical (unpaired) electrons. The summed E-state index contributed by atoms with van der Waals surface area (Å²) < 4.78 is 0. The molecule has 2 heterocycles. The summed E-state index contributed by atoms with van der Waals surface area (Å²) >= 11 is 0. The van der Waals surface area contributed by atoms with Gasteiger partial charge in [-0.2, -0.15) is 0 Å². The molecular formula is C12H24N2. The highest BCUT2D eigenvalue weighted by Gasteiger charge is 2.35. The fourth-order valence-corrected chi connectivity index (χ4v) is 3.20. The first-order valence-electron chi connectivity index (χ1n) is 6.28. The van der Waals surface area contributed by atoms with E-state index in [1.54, 1.807) is 0 Å². The molecule has 0 aromatic rings. The van der Waals surface area contributed by atoms with Crippen molar-refractivity contribution in [3.63, 3.8) is 0 Å². The Kier molecular flexibility index (Phi) is 3.45. The van der Waals surface area contributed by atoms with Crippen molar-refractivity contribution in [3.8, 4) is 0 Å². The van der Waals surface area contributed by atoms with Gasteiger partial charge in [0.25, 0.3) is 0 Å². The molecule has 1 unspecified atom stereocenters. The summed E-state index contributed by atoms with van der Waals surface area (Å²) in [7, 11) is 0. The topological polar surface area (TPSA) is 15.3 Å². The average molecular weight is 196 g/mol. The summed E-state index contributed by atoms with van der Waals surface area (Å²) in [5, 5.41) is 3.58. The molecule has 0 bridgehead atoms. The predicted molar refractivity (Wildman–Crippen MR) is 60.5 cm³/mol. The van der Waals surface area contributed by atoms with Crippen LogP contribution in [0.3, 0.4) is 0 Å². The number of nitrogens with zero attached hydrogens (tertiary/aromatic N) is 1. The molecular weight excluding hydrogens is 172 g/mol. The fourth-order valence-electron chi connectivity index (χ4n) is 3.20. The maximum absolute atomic E-state index is 3.58. The fraction of sp³-hybridized carbons (Fsp3) is 1.00. The zero-order valence-electron chi connectivity index (χ0n) is 9.52. The zero-order valence-corrected chi connectivity index (χ0v) is 9.52. The van der Waals surface area contributed by atoms with Gasteiger partial charge in [0, 0.05) is 13.1 Å². The molecule has 2 rings (SSSR count). The van der Waals surface area contributed by atoms with Crippen LogP contribution in [-0.4, -0.2) is 37.6 Å². The van der Waals surface area contributed by atoms with Crippen LogP contribution in [0.4, 0.5) is 0 Å². The first kappa shape index (κ1) is 10.4. The van der Waals surface area contributed by atoms with Gasteiger partial charge < -0.3 is 10.2 Å². The molecule has 2 fully saturated rings. The number of nitrogens with one attached hydrogen (secondary N) is 1. The molecule has 82 valence electrons. The zero-order chi connectivity index (χ0) is 9.86. The number of hydrogen-bond acceptors (Lipinski definition) is 2. The second-order valence-electron chi connectivity index (χ2n) is 5.16. The van der Waals surface area contributed by atoms with E-state index in [2.05, 4.69) is 17.1 Å². The number of likely N-dealkylation sites (tertiary alicyclic amines) is 1. The molecule has 1 N–H and O–H groups in total. The molecule has 2 nitrogen and oxygen atoms in total. The highest BCUT2D eigenvalue weighted by Crippen LogP contribution is 2.35. The van der Waals surface area contributed by atoms with Crippen molar-refractivity contribution in [2.75, 3.05) is 32.7 Å². The van der Waals surface area contributed by atoms with E-state index in [0.717, 1.165) is 0 Å². The van der Waals surface area contributed by atoms with E-state index in [0.29, 0.717) is 5.41 Å². The summed E-state index contributed by atoms with van der Waals surface area (Å²) in [6, 6.07) is 0. The SMILES string of the molecule is CCCN1CCCC2(CCCNC2)C1. The Morgan fingerprint density at radius 1 is 1.29 bits per heavy atom. The Bertz CT molecular complexity index is 166. The van der Waals surface area contributed by atoms with Crippen molar-refractivity contribution in [1.29, 1.82) is 0 Å². The predicted octanol–water partition coefficient (Wildman–Crippen LogP) is 1.86. The van der Waals surface area contributed by atoms with Gasteiger partial charge in [0.15, 0.2) is 0 Å². The lowest BCUT2D eigenvalue weighted by atomic mass is 9.74. The molecule has 2 aliphatic heterocycles. The minimum atomic E-state index is 0.645. The van der Waals surface area contributed by atoms with Gasteiger partial charge in [0.05, 0.1) is 0 Å². The molecule has 14 heavy (non-hydrogen) atoms. The maximum Gasteiger partial charge on any atom is 0.00502 e. The van der Waals surface area contributed by atoms with Gasteiger partial charge >= 0.3 is 0 Å². The van der Waals surface area contributed by atoms with Crippen LogP contribution >= 0.6 is 0 Å². The van der Waals surface area contributed by atoms with E-state index in [-0.39, 0.29) is 0 Å². The van der Waals surface area contributed by atoms with Crippen molar-refractivity contribution in [2.45, 2.75) is 39.0 Å². The van der Waals surface area contributed by atoms with Crippen molar-refractivity contribution >= 4 is 0 Å². The Hall–Kier alpha value is -0.0800. The van der Waals surface area contributed by atoms with Gasteiger partial charge in [-0.3, -0.25) is 0 Å². The maximum atomic E-state index is 3.58. The highest BCUT2D eigenvalue weighted by atomic mass is 15.1. The number of rotatable bonds is 2. The van der Waals surface area contributed by atoms with Crippen LogP contribution < -0.4 is 5.32 Å². The van der Waals surface area contributed by atoms with Crippen molar-refractivity contribution in [2.24, 2.45) is 5.41 Å². The number of piperidine rings is 2. The van der Waals surface area contributed by atoms with E-state index in [1.165, 1.54) is 64.8 Å². The molecule has 2 aliphatic rings. The third-order valence-electron chi connectivity index (χ3n) is 3.84. The minimum Gasteiger partial charge on any atom is -0.316 e. The molecule has 0 aromatic heterocycles. The van der Waals surface area contributed by atoms with Crippen LogP contribution in [0.1, 0.15) is 39.0 Å². The molecule has 0 aromatic carbocycles. The lowest BCUT2D eigenvalue weighted by Crippen LogP contribution is -2.51. The molecule has 2 heteroatoms. The van der Waals surface area contributed by atoms with E-state index in [1.807, 2.05) is 0 Å². The van der Waals surface area contributed by atoms with Crippen molar-refractivity contribution in [3.05, 3.63) is 0 Å². The molecule has 1 spiro atoms. The molecule has 1 atom stereocenters. The Morgan fingerprint density at radius 2 is 2.14 bits per heavy atom. The van der Waals surface area contributed by atoms with Crippen molar-refractivity contribution in [1.82, 2.24) is 10.2 Å². The summed E-state index contributed by atoms with van der Waals surface area (Å²) in [6.07, 6.45) is 7.03. The van der Waals surface area contributed by atoms with E-state index >= 15 is 0 Å². The van der Waals surface area contributed by atoms with E-state index in [9.17, 15) is 0 Å². The van der Waals surface area contributed by atoms with Gasteiger partial charge in [0.1, 0.15) is 0 Å². The quantitative estimate of drug-likeness (QED) is 0.725. The van der Waals surface area contributed by atoms with Crippen LogP contribution in [0.15, 0.2) is 0 Å². The third kappa shape index (κ3) is 2.29. The van der Waals surface area contributed by atoms with Crippen LogP contribution in [0.25, 0.3) is 0 Å². The van der Waals surface area contributed by atoms with Crippen LogP contribution in [0.2, 0.25) is 0 Å². The van der Waals surface area contributed by atoms with Crippen molar-refractivity contribution < 1.29 is 0 Å². The summed E-state index contributed by atoms with van der Waals surface area (Å²) in [5.41, 5.74) is 0.645. The summed E-state index contributed by atoms with van der Waals surface area (Å²) in [4.78, 5) is 2.68. The van der Waals surface area contributed by atoms with Gasteiger partial charge in [-0.05, 0) is 57.2 Å². The van der Waals surface area contributed by atoms with Crippen LogP contribution in [0.5, 0.6) is 0 Å².